The summed E-state index contributed by atoms with van der Waals surface area (Å²) in [7, 11) is 0. The molecule has 0 radical (unpaired) electrons. The molecule has 1 fully saturated rings. The molecule has 1 aromatic heterocycles. The molecule has 0 bridgehead atoms. The Labute approximate surface area is 74.5 Å². The largest absolute Gasteiger partial charge is 0.382 e. The Morgan fingerprint density at radius 1 is 1.69 bits per heavy atom. The molecule has 5 heteroatoms. The van der Waals surface area contributed by atoms with Crippen LogP contribution < -0.4 is 5.73 Å². The van der Waals surface area contributed by atoms with Gasteiger partial charge in [0, 0.05) is 25.1 Å². The summed E-state index contributed by atoms with van der Waals surface area (Å²) < 4.78 is 26.5. The van der Waals surface area contributed by atoms with Gasteiger partial charge in [-0.2, -0.15) is 5.10 Å². The van der Waals surface area contributed by atoms with Crippen molar-refractivity contribution < 1.29 is 8.78 Å². The number of alkyl halides is 2. The maximum absolute atomic E-state index is 12.4. The predicted molar refractivity (Wildman–Crippen MR) is 44.3 cm³/mol. The number of anilines is 1. The summed E-state index contributed by atoms with van der Waals surface area (Å²) in [4.78, 5) is 0. The highest BCUT2D eigenvalue weighted by molar-refractivity contribution is 5.23. The molecule has 1 unspecified atom stereocenters. The first-order valence-electron chi connectivity index (χ1n) is 4.25. The molecule has 1 aromatic rings. The van der Waals surface area contributed by atoms with Crippen LogP contribution in [0.4, 0.5) is 14.6 Å². The second kappa shape index (κ2) is 2.68. The Morgan fingerprint density at radius 3 is 2.85 bits per heavy atom. The van der Waals surface area contributed by atoms with Crippen molar-refractivity contribution in [2.24, 2.45) is 5.92 Å². The lowest BCUT2D eigenvalue weighted by molar-refractivity contribution is 0.0958. The fourth-order valence-corrected chi connectivity index (χ4v) is 1.37. The van der Waals surface area contributed by atoms with Crippen LogP contribution in [-0.4, -0.2) is 15.7 Å². The van der Waals surface area contributed by atoms with Crippen LogP contribution in [0.25, 0.3) is 0 Å². The second-order valence-corrected chi connectivity index (χ2v) is 3.45. The zero-order valence-electron chi connectivity index (χ0n) is 7.08. The molecule has 1 atom stereocenters. The van der Waals surface area contributed by atoms with Crippen LogP contribution in [0.1, 0.15) is 12.8 Å². The Hall–Kier alpha value is -1.13. The Bertz CT molecular complexity index is 308. The minimum absolute atomic E-state index is 0.0315. The van der Waals surface area contributed by atoms with Crippen molar-refractivity contribution in [1.82, 2.24) is 9.78 Å². The van der Waals surface area contributed by atoms with E-state index >= 15 is 0 Å². The molecule has 2 N–H and O–H groups in total. The summed E-state index contributed by atoms with van der Waals surface area (Å²) in [5.74, 6) is -2.43. The van der Waals surface area contributed by atoms with E-state index in [9.17, 15) is 8.78 Å². The third-order valence-corrected chi connectivity index (χ3v) is 2.32. The average Bonchev–Trinajstić information content (AvgIpc) is 2.45. The number of nitrogen functional groups attached to an aromatic ring is 1. The number of nitrogens with two attached hydrogens (primary N) is 1. The van der Waals surface area contributed by atoms with Gasteiger partial charge in [-0.15, -0.1) is 0 Å². The lowest BCUT2D eigenvalue weighted by Gasteiger charge is -1.99. The smallest absolute Gasteiger partial charge is 0.251 e. The lowest BCUT2D eigenvalue weighted by Crippen LogP contribution is -2.03. The molecule has 0 aromatic carbocycles. The van der Waals surface area contributed by atoms with E-state index < -0.39 is 11.8 Å². The number of rotatable bonds is 3. The van der Waals surface area contributed by atoms with Crippen LogP contribution in [0, 0.1) is 5.92 Å². The topological polar surface area (TPSA) is 43.8 Å². The molecule has 1 saturated carbocycles. The van der Waals surface area contributed by atoms with Crippen molar-refractivity contribution in [3.8, 4) is 0 Å². The summed E-state index contributed by atoms with van der Waals surface area (Å²) in [6.07, 6.45) is 2.22. The summed E-state index contributed by atoms with van der Waals surface area (Å²) in [6, 6.07) is 1.66. The maximum atomic E-state index is 12.4. The fourth-order valence-electron chi connectivity index (χ4n) is 1.37. The van der Waals surface area contributed by atoms with Gasteiger partial charge in [0.2, 0.25) is 0 Å². The predicted octanol–water partition coefficient (Wildman–Crippen LogP) is 1.51. The summed E-state index contributed by atoms with van der Waals surface area (Å²) in [5.41, 5.74) is 5.37. The van der Waals surface area contributed by atoms with Gasteiger partial charge < -0.3 is 5.73 Å². The molecule has 72 valence electrons. The lowest BCUT2D eigenvalue weighted by atomic mass is 10.3. The normalized spacial score (nSPS) is 24.6. The number of aromatic nitrogens is 2. The SMILES string of the molecule is Nc1ccn(CCC2CC2(F)F)n1. The Balaban J connectivity index is 1.81. The van der Waals surface area contributed by atoms with E-state index in [0.717, 1.165) is 0 Å². The molecule has 3 nitrogen and oxygen atoms in total. The minimum Gasteiger partial charge on any atom is -0.382 e. The van der Waals surface area contributed by atoms with E-state index in [1.807, 2.05) is 0 Å². The van der Waals surface area contributed by atoms with Gasteiger partial charge in [0.1, 0.15) is 5.82 Å². The van der Waals surface area contributed by atoms with Gasteiger partial charge in [0.05, 0.1) is 0 Å². The number of aryl methyl sites for hydroxylation is 1. The van der Waals surface area contributed by atoms with E-state index in [2.05, 4.69) is 5.10 Å². The van der Waals surface area contributed by atoms with Crippen molar-refractivity contribution in [3.63, 3.8) is 0 Å². The van der Waals surface area contributed by atoms with E-state index in [4.69, 9.17) is 5.73 Å². The van der Waals surface area contributed by atoms with Gasteiger partial charge in [-0.1, -0.05) is 0 Å². The second-order valence-electron chi connectivity index (χ2n) is 3.45. The van der Waals surface area contributed by atoms with Crippen molar-refractivity contribution in [3.05, 3.63) is 12.3 Å². The van der Waals surface area contributed by atoms with Crippen LogP contribution in [0.5, 0.6) is 0 Å². The third-order valence-electron chi connectivity index (χ3n) is 2.32. The van der Waals surface area contributed by atoms with E-state index in [1.54, 1.807) is 16.9 Å². The fraction of sp³-hybridized carbons (Fsp3) is 0.625. The highest BCUT2D eigenvalue weighted by Crippen LogP contribution is 2.50. The molecule has 1 aliphatic rings. The number of nitrogens with zero attached hydrogens (tertiary/aromatic N) is 2. The number of hydrogen-bond donors (Lipinski definition) is 1. The molecule has 13 heavy (non-hydrogen) atoms. The van der Waals surface area contributed by atoms with E-state index in [0.29, 0.717) is 18.8 Å². The van der Waals surface area contributed by atoms with Crippen LogP contribution in [0.3, 0.4) is 0 Å². The zero-order chi connectivity index (χ0) is 9.47. The molecule has 0 amide bonds. The van der Waals surface area contributed by atoms with Crippen molar-refractivity contribution in [1.29, 1.82) is 0 Å². The van der Waals surface area contributed by atoms with Crippen LogP contribution in [-0.2, 0) is 6.54 Å². The monoisotopic (exact) mass is 187 g/mol. The molecule has 1 aliphatic carbocycles. The Kier molecular flexibility index (Phi) is 1.75. The van der Waals surface area contributed by atoms with Gasteiger partial charge in [0.25, 0.3) is 5.92 Å². The van der Waals surface area contributed by atoms with Gasteiger partial charge in [-0.25, -0.2) is 8.78 Å². The zero-order valence-corrected chi connectivity index (χ0v) is 7.08. The first-order chi connectivity index (χ1) is 6.08. The first kappa shape index (κ1) is 8.47. The number of halogens is 2. The summed E-state index contributed by atoms with van der Waals surface area (Å²) in [5, 5.41) is 3.91. The van der Waals surface area contributed by atoms with Crippen molar-refractivity contribution in [2.45, 2.75) is 25.3 Å². The summed E-state index contributed by atoms with van der Waals surface area (Å²) >= 11 is 0. The van der Waals surface area contributed by atoms with E-state index in [1.165, 1.54) is 0 Å². The molecule has 2 rings (SSSR count). The van der Waals surface area contributed by atoms with Gasteiger partial charge >= 0.3 is 0 Å². The molecule has 1 heterocycles. The average molecular weight is 187 g/mol. The molecular formula is C8H11F2N3. The number of hydrogen-bond acceptors (Lipinski definition) is 2. The highest BCUT2D eigenvalue weighted by atomic mass is 19.3. The van der Waals surface area contributed by atoms with Crippen LogP contribution >= 0.6 is 0 Å². The van der Waals surface area contributed by atoms with Crippen LogP contribution in [0.2, 0.25) is 0 Å². The van der Waals surface area contributed by atoms with Gasteiger partial charge in [0.15, 0.2) is 0 Å². The third kappa shape index (κ3) is 1.79. The Morgan fingerprint density at radius 2 is 2.38 bits per heavy atom. The quantitative estimate of drug-likeness (QED) is 0.779. The van der Waals surface area contributed by atoms with Crippen molar-refractivity contribution >= 4 is 5.82 Å². The minimum atomic E-state index is -2.42. The van der Waals surface area contributed by atoms with E-state index in [-0.39, 0.29) is 6.42 Å². The highest BCUT2D eigenvalue weighted by Gasteiger charge is 2.55. The van der Waals surface area contributed by atoms with Crippen molar-refractivity contribution in [2.75, 3.05) is 5.73 Å². The first-order valence-corrected chi connectivity index (χ1v) is 4.25. The molecule has 0 spiro atoms. The van der Waals surface area contributed by atoms with Crippen LogP contribution in [0.15, 0.2) is 12.3 Å². The van der Waals surface area contributed by atoms with Gasteiger partial charge in [-0.05, 0) is 12.5 Å². The molecular weight excluding hydrogens is 176 g/mol. The molecule has 0 saturated heterocycles. The summed E-state index contributed by atoms with van der Waals surface area (Å²) in [6.45, 7) is 0.525. The molecule has 0 aliphatic heterocycles. The maximum Gasteiger partial charge on any atom is 0.251 e. The standard InChI is InChI=1S/C8H11F2N3/c9-8(10)5-6(8)1-3-13-4-2-7(11)12-13/h2,4,6H,1,3,5H2,(H2,11,12). The van der Waals surface area contributed by atoms with Gasteiger partial charge in [-0.3, -0.25) is 4.68 Å².